The number of ether oxygens (including phenoxy) is 1. The van der Waals surface area contributed by atoms with Crippen LogP contribution in [-0.2, 0) is 4.74 Å². The van der Waals surface area contributed by atoms with E-state index in [-0.39, 0.29) is 12.1 Å². The third-order valence-electron chi connectivity index (χ3n) is 4.18. The van der Waals surface area contributed by atoms with Gasteiger partial charge in [-0.05, 0) is 45.7 Å². The summed E-state index contributed by atoms with van der Waals surface area (Å²) < 4.78 is 5.50. The minimum absolute atomic E-state index is 0.156. The highest BCUT2D eigenvalue weighted by molar-refractivity contribution is 6.30. The summed E-state index contributed by atoms with van der Waals surface area (Å²) >= 11 is 5.96. The number of nitrogens with zero attached hydrogens (tertiary/aromatic N) is 3. The van der Waals surface area contributed by atoms with Gasteiger partial charge in [-0.1, -0.05) is 17.7 Å². The minimum atomic E-state index is -0.538. The summed E-state index contributed by atoms with van der Waals surface area (Å²) in [6.45, 7) is 6.20. The van der Waals surface area contributed by atoms with Crippen molar-refractivity contribution in [1.29, 1.82) is 5.26 Å². The molecule has 1 aromatic heterocycles. The maximum atomic E-state index is 12.5. The van der Waals surface area contributed by atoms with Gasteiger partial charge < -0.3 is 9.72 Å². The van der Waals surface area contributed by atoms with Crippen molar-refractivity contribution in [3.8, 4) is 17.3 Å². The summed E-state index contributed by atoms with van der Waals surface area (Å²) in [5, 5.41) is 9.84. The van der Waals surface area contributed by atoms with Crippen LogP contribution in [0.5, 0.6) is 0 Å². The van der Waals surface area contributed by atoms with Crippen molar-refractivity contribution in [2.24, 2.45) is 0 Å². The van der Waals surface area contributed by atoms with E-state index in [1.807, 2.05) is 20.8 Å². The average molecular weight is 373 g/mol. The monoisotopic (exact) mass is 372 g/mol. The lowest BCUT2D eigenvalue weighted by atomic mass is 10.1. The third kappa shape index (κ3) is 3.83. The zero-order valence-corrected chi connectivity index (χ0v) is 15.8. The van der Waals surface area contributed by atoms with Crippen LogP contribution in [0.4, 0.5) is 4.79 Å². The van der Waals surface area contributed by atoms with Crippen LogP contribution in [0.2, 0.25) is 5.02 Å². The fraction of sp³-hybridized carbons (Fsp3) is 0.421. The van der Waals surface area contributed by atoms with E-state index in [1.54, 1.807) is 29.3 Å². The van der Waals surface area contributed by atoms with E-state index in [0.717, 1.165) is 24.1 Å². The van der Waals surface area contributed by atoms with E-state index >= 15 is 0 Å². The van der Waals surface area contributed by atoms with Crippen LogP contribution < -0.4 is 0 Å². The van der Waals surface area contributed by atoms with Crippen molar-refractivity contribution in [3.05, 3.63) is 40.8 Å². The molecule has 0 radical (unpaired) electrons. The second kappa shape index (κ2) is 7.00. The molecular weight excluding hydrogens is 352 g/mol. The molecule has 3 rings (SSSR count). The Bertz CT molecular complexity index is 863. The molecule has 1 N–H and O–H groups in total. The first-order valence-corrected chi connectivity index (χ1v) is 8.91. The summed E-state index contributed by atoms with van der Waals surface area (Å²) in [4.78, 5) is 21.9. The van der Waals surface area contributed by atoms with Gasteiger partial charge in [0.05, 0.1) is 29.6 Å². The van der Waals surface area contributed by atoms with Gasteiger partial charge in [0.25, 0.3) is 0 Å². The number of amides is 1. The van der Waals surface area contributed by atoms with Crippen molar-refractivity contribution in [1.82, 2.24) is 14.9 Å². The zero-order valence-electron chi connectivity index (χ0n) is 15.0. The third-order valence-corrected chi connectivity index (χ3v) is 4.42. The molecule has 1 aromatic carbocycles. The fourth-order valence-corrected chi connectivity index (χ4v) is 3.25. The number of halogens is 1. The molecule has 2 aromatic rings. The number of rotatable bonds is 2. The highest BCUT2D eigenvalue weighted by atomic mass is 35.5. The van der Waals surface area contributed by atoms with Crippen LogP contribution >= 0.6 is 11.6 Å². The molecule has 1 atom stereocenters. The van der Waals surface area contributed by atoms with Gasteiger partial charge in [-0.15, -0.1) is 0 Å². The van der Waals surface area contributed by atoms with E-state index in [0.29, 0.717) is 23.0 Å². The number of hydrogen-bond acceptors (Lipinski definition) is 4. The first-order chi connectivity index (χ1) is 12.3. The van der Waals surface area contributed by atoms with Crippen molar-refractivity contribution in [3.63, 3.8) is 0 Å². The highest BCUT2D eigenvalue weighted by Gasteiger charge is 2.34. The zero-order chi connectivity index (χ0) is 18.9. The first-order valence-electron chi connectivity index (χ1n) is 8.53. The van der Waals surface area contributed by atoms with Gasteiger partial charge >= 0.3 is 6.09 Å². The molecule has 7 heteroatoms. The molecule has 1 saturated heterocycles. The van der Waals surface area contributed by atoms with Crippen molar-refractivity contribution >= 4 is 17.7 Å². The van der Waals surface area contributed by atoms with Crippen LogP contribution in [0.3, 0.4) is 0 Å². The van der Waals surface area contributed by atoms with E-state index in [9.17, 15) is 10.1 Å². The standard InChI is InChI=1S/C19H21ClN4O2/c1-19(2,3)26-18(25)24-8-4-5-16(24)17-22-11-15(23-17)14-7-6-13(20)9-12(14)10-21/h6-7,9,11,16H,4-5,8H2,1-3H3,(H,22,23). The molecule has 1 amide bonds. The molecular formula is C19H21ClN4O2. The summed E-state index contributed by atoms with van der Waals surface area (Å²) in [6.07, 6.45) is 3.06. The lowest BCUT2D eigenvalue weighted by Crippen LogP contribution is -2.36. The minimum Gasteiger partial charge on any atom is -0.444 e. The molecule has 2 heterocycles. The molecule has 1 unspecified atom stereocenters. The average Bonchev–Trinajstić information content (AvgIpc) is 3.21. The lowest BCUT2D eigenvalue weighted by molar-refractivity contribution is 0.0219. The Morgan fingerprint density at radius 3 is 2.92 bits per heavy atom. The molecule has 6 nitrogen and oxygen atoms in total. The molecule has 0 aliphatic carbocycles. The number of imidazole rings is 1. The van der Waals surface area contributed by atoms with E-state index in [2.05, 4.69) is 16.0 Å². The molecule has 1 aliphatic heterocycles. The normalized spacial score (nSPS) is 17.2. The molecule has 26 heavy (non-hydrogen) atoms. The Balaban J connectivity index is 1.86. The number of hydrogen-bond donors (Lipinski definition) is 1. The first kappa shape index (κ1) is 18.3. The number of nitriles is 1. The molecule has 0 spiro atoms. The number of H-pyrrole nitrogens is 1. The Morgan fingerprint density at radius 2 is 2.23 bits per heavy atom. The number of carbonyl (C=O) groups excluding carboxylic acids is 1. The topological polar surface area (TPSA) is 82.0 Å². The van der Waals surface area contributed by atoms with Crippen molar-refractivity contribution < 1.29 is 9.53 Å². The second-order valence-corrected chi connectivity index (χ2v) is 7.75. The Morgan fingerprint density at radius 1 is 1.46 bits per heavy atom. The van der Waals surface area contributed by atoms with Gasteiger partial charge in [-0.3, -0.25) is 4.90 Å². The van der Waals surface area contributed by atoms with Crippen LogP contribution in [-0.4, -0.2) is 33.1 Å². The van der Waals surface area contributed by atoms with Crippen LogP contribution in [0, 0.1) is 11.3 Å². The summed E-state index contributed by atoms with van der Waals surface area (Å²) in [5.74, 6) is 0.696. The Hall–Kier alpha value is -2.52. The largest absolute Gasteiger partial charge is 0.444 e. The van der Waals surface area contributed by atoms with Crippen molar-refractivity contribution in [2.75, 3.05) is 6.54 Å². The maximum absolute atomic E-state index is 12.5. The second-order valence-electron chi connectivity index (χ2n) is 7.32. The highest BCUT2D eigenvalue weighted by Crippen LogP contribution is 2.33. The van der Waals surface area contributed by atoms with Crippen LogP contribution in [0.25, 0.3) is 11.3 Å². The number of aromatic nitrogens is 2. The molecule has 0 bridgehead atoms. The fourth-order valence-electron chi connectivity index (χ4n) is 3.08. The van der Waals surface area contributed by atoms with Gasteiger partial charge in [0, 0.05) is 17.1 Å². The van der Waals surface area contributed by atoms with Gasteiger partial charge in [0.1, 0.15) is 11.4 Å². The Labute approximate surface area is 157 Å². The summed E-state index contributed by atoms with van der Waals surface area (Å²) in [7, 11) is 0. The van der Waals surface area contributed by atoms with Gasteiger partial charge in [-0.2, -0.15) is 5.26 Å². The number of benzene rings is 1. The molecule has 136 valence electrons. The molecule has 1 aliphatic rings. The number of nitrogens with one attached hydrogen (secondary N) is 1. The van der Waals surface area contributed by atoms with E-state index in [1.165, 1.54) is 0 Å². The smallest absolute Gasteiger partial charge is 0.410 e. The quantitative estimate of drug-likeness (QED) is 0.830. The molecule has 1 fully saturated rings. The Kier molecular flexibility index (Phi) is 4.92. The molecule has 0 saturated carbocycles. The number of carbonyl (C=O) groups is 1. The van der Waals surface area contributed by atoms with Gasteiger partial charge in [0.15, 0.2) is 0 Å². The SMILES string of the molecule is CC(C)(C)OC(=O)N1CCCC1c1ncc(-c2ccc(Cl)cc2C#N)[nH]1. The van der Waals surface area contributed by atoms with E-state index < -0.39 is 5.60 Å². The predicted octanol–water partition coefficient (Wildman–Crippen LogP) is 4.67. The van der Waals surface area contributed by atoms with Crippen LogP contribution in [0.1, 0.15) is 51.0 Å². The lowest BCUT2D eigenvalue weighted by Gasteiger charge is -2.27. The van der Waals surface area contributed by atoms with Gasteiger partial charge in [0.2, 0.25) is 0 Å². The number of likely N-dealkylation sites (tertiary alicyclic amines) is 1. The maximum Gasteiger partial charge on any atom is 0.410 e. The summed E-state index contributed by atoms with van der Waals surface area (Å²) in [6, 6.07) is 7.15. The number of aromatic amines is 1. The van der Waals surface area contributed by atoms with Crippen molar-refractivity contribution in [2.45, 2.75) is 45.3 Å². The van der Waals surface area contributed by atoms with Gasteiger partial charge in [-0.25, -0.2) is 9.78 Å². The van der Waals surface area contributed by atoms with E-state index in [4.69, 9.17) is 16.3 Å². The summed E-state index contributed by atoms with van der Waals surface area (Å²) in [5.41, 5.74) is 1.40. The van der Waals surface area contributed by atoms with Crippen LogP contribution in [0.15, 0.2) is 24.4 Å². The predicted molar refractivity (Wildman–Crippen MR) is 98.7 cm³/mol.